The fraction of sp³-hybridized carbons (Fsp3) is 1.00. The van der Waals surface area contributed by atoms with Crippen molar-refractivity contribution in [1.29, 1.82) is 0 Å². The molecule has 0 aromatic heterocycles. The van der Waals surface area contributed by atoms with Crippen molar-refractivity contribution >= 4 is 9.84 Å². The highest BCUT2D eigenvalue weighted by Crippen LogP contribution is 2.32. The molecule has 106 valence electrons. The van der Waals surface area contributed by atoms with Gasteiger partial charge in [0.15, 0.2) is 9.84 Å². The van der Waals surface area contributed by atoms with Gasteiger partial charge in [-0.1, -0.05) is 6.92 Å². The molecule has 18 heavy (non-hydrogen) atoms. The average Bonchev–Trinajstić information content (AvgIpc) is 2.71. The van der Waals surface area contributed by atoms with E-state index in [0.717, 1.165) is 26.1 Å². The van der Waals surface area contributed by atoms with Crippen LogP contribution in [-0.2, 0) is 9.84 Å². The molecule has 0 bridgehead atoms. The van der Waals surface area contributed by atoms with Crippen LogP contribution in [0.3, 0.4) is 0 Å². The Labute approximate surface area is 111 Å². The molecule has 0 spiro atoms. The summed E-state index contributed by atoms with van der Waals surface area (Å²) in [4.78, 5) is 2.29. The van der Waals surface area contributed by atoms with Crippen LogP contribution < -0.4 is 5.32 Å². The summed E-state index contributed by atoms with van der Waals surface area (Å²) in [6.45, 7) is 5.49. The van der Waals surface area contributed by atoms with Crippen LogP contribution in [0, 0.1) is 5.41 Å². The summed E-state index contributed by atoms with van der Waals surface area (Å²) in [6.07, 6.45) is 4.49. The fourth-order valence-corrected chi connectivity index (χ4v) is 5.17. The quantitative estimate of drug-likeness (QED) is 0.827. The number of piperidine rings is 1. The smallest absolute Gasteiger partial charge is 0.151 e. The Hall–Kier alpha value is -0.130. The monoisotopic (exact) mass is 274 g/mol. The SMILES string of the molecule is CCC1(CN(C)C2CCS(=O)(=O)C2)CCCNC1. The summed E-state index contributed by atoms with van der Waals surface area (Å²) in [5, 5.41) is 3.49. The van der Waals surface area contributed by atoms with Crippen LogP contribution in [0.1, 0.15) is 32.6 Å². The van der Waals surface area contributed by atoms with Gasteiger partial charge in [-0.3, -0.25) is 0 Å². The van der Waals surface area contributed by atoms with Gasteiger partial charge in [0.25, 0.3) is 0 Å². The molecule has 0 aromatic rings. The minimum atomic E-state index is -2.77. The van der Waals surface area contributed by atoms with Crippen LogP contribution in [0.2, 0.25) is 0 Å². The summed E-state index contributed by atoms with van der Waals surface area (Å²) in [6, 6.07) is 0.236. The number of rotatable bonds is 4. The van der Waals surface area contributed by atoms with Crippen LogP contribution in [0.25, 0.3) is 0 Å². The summed E-state index contributed by atoms with van der Waals surface area (Å²) in [7, 11) is -0.670. The molecule has 2 fully saturated rings. The maximum absolute atomic E-state index is 11.5. The molecule has 1 N–H and O–H groups in total. The molecule has 2 atom stereocenters. The molecular formula is C13H26N2O2S. The molecule has 2 rings (SSSR count). The Bertz CT molecular complexity index is 374. The molecule has 0 aromatic carbocycles. The standard InChI is InChI=1S/C13H26N2O2S/c1-3-13(6-4-7-14-10-13)11-15(2)12-5-8-18(16,17)9-12/h12,14H,3-11H2,1-2H3. The molecule has 2 aliphatic heterocycles. The summed E-state index contributed by atoms with van der Waals surface area (Å²) < 4.78 is 23.1. The zero-order valence-corrected chi connectivity index (χ0v) is 12.4. The van der Waals surface area contributed by atoms with Crippen LogP contribution in [-0.4, -0.2) is 57.5 Å². The van der Waals surface area contributed by atoms with Gasteiger partial charge in [0.1, 0.15) is 0 Å². The number of sulfone groups is 1. The number of nitrogens with one attached hydrogen (secondary N) is 1. The lowest BCUT2D eigenvalue weighted by molar-refractivity contribution is 0.108. The first kappa shape index (κ1) is 14.3. The van der Waals surface area contributed by atoms with Crippen molar-refractivity contribution in [2.24, 2.45) is 5.41 Å². The lowest BCUT2D eigenvalue weighted by atomic mass is 9.77. The lowest BCUT2D eigenvalue weighted by Gasteiger charge is -2.41. The Morgan fingerprint density at radius 2 is 2.22 bits per heavy atom. The third-order valence-corrected chi connectivity index (χ3v) is 6.48. The number of hydrogen-bond donors (Lipinski definition) is 1. The highest BCUT2D eigenvalue weighted by molar-refractivity contribution is 7.91. The van der Waals surface area contributed by atoms with Crippen LogP contribution in [0.5, 0.6) is 0 Å². The van der Waals surface area contributed by atoms with Crippen LogP contribution in [0.15, 0.2) is 0 Å². The van der Waals surface area contributed by atoms with Crippen molar-refractivity contribution in [3.05, 3.63) is 0 Å². The molecule has 5 heteroatoms. The largest absolute Gasteiger partial charge is 0.316 e. The van der Waals surface area contributed by atoms with Crippen molar-refractivity contribution in [3.63, 3.8) is 0 Å². The van der Waals surface area contributed by atoms with E-state index < -0.39 is 9.84 Å². The van der Waals surface area contributed by atoms with Gasteiger partial charge in [0.2, 0.25) is 0 Å². The second-order valence-electron chi connectivity index (χ2n) is 6.11. The second kappa shape index (κ2) is 5.47. The van der Waals surface area contributed by atoms with Crippen molar-refractivity contribution < 1.29 is 8.42 Å². The molecule has 0 saturated carbocycles. The summed E-state index contributed by atoms with van der Waals surface area (Å²) >= 11 is 0. The van der Waals surface area contributed by atoms with Crippen molar-refractivity contribution in [3.8, 4) is 0 Å². The molecular weight excluding hydrogens is 248 g/mol. The highest BCUT2D eigenvalue weighted by atomic mass is 32.2. The average molecular weight is 274 g/mol. The predicted molar refractivity (Wildman–Crippen MR) is 74.5 cm³/mol. The zero-order valence-electron chi connectivity index (χ0n) is 11.6. The van der Waals surface area contributed by atoms with Gasteiger partial charge in [-0.05, 0) is 44.7 Å². The fourth-order valence-electron chi connectivity index (χ4n) is 3.36. The van der Waals surface area contributed by atoms with E-state index in [2.05, 4.69) is 24.2 Å². The number of hydrogen-bond acceptors (Lipinski definition) is 4. The summed E-state index contributed by atoms with van der Waals surface area (Å²) in [5.74, 6) is 0.732. The Morgan fingerprint density at radius 3 is 2.72 bits per heavy atom. The second-order valence-corrected chi connectivity index (χ2v) is 8.33. The first-order chi connectivity index (χ1) is 8.46. The van der Waals surface area contributed by atoms with E-state index >= 15 is 0 Å². The molecule has 2 unspecified atom stereocenters. The number of nitrogens with zero attached hydrogens (tertiary/aromatic N) is 1. The first-order valence-electron chi connectivity index (χ1n) is 7.08. The normalized spacial score (nSPS) is 36.1. The highest BCUT2D eigenvalue weighted by Gasteiger charge is 2.36. The molecule has 0 aliphatic carbocycles. The molecule has 2 saturated heterocycles. The van der Waals surface area contributed by atoms with Gasteiger partial charge in [0.05, 0.1) is 11.5 Å². The van der Waals surface area contributed by atoms with Gasteiger partial charge in [-0.2, -0.15) is 0 Å². The van der Waals surface area contributed by atoms with Gasteiger partial charge >= 0.3 is 0 Å². The zero-order chi connectivity index (χ0) is 13.2. The van der Waals surface area contributed by atoms with Gasteiger partial charge in [0, 0.05) is 19.1 Å². The molecule has 0 amide bonds. The van der Waals surface area contributed by atoms with E-state index in [-0.39, 0.29) is 6.04 Å². The van der Waals surface area contributed by atoms with E-state index in [4.69, 9.17) is 0 Å². The van der Waals surface area contributed by atoms with E-state index in [1.54, 1.807) is 0 Å². The molecule has 4 nitrogen and oxygen atoms in total. The van der Waals surface area contributed by atoms with E-state index in [0.29, 0.717) is 16.9 Å². The third-order valence-electron chi connectivity index (χ3n) is 4.73. The third kappa shape index (κ3) is 3.25. The first-order valence-corrected chi connectivity index (χ1v) is 8.90. The minimum absolute atomic E-state index is 0.236. The predicted octanol–water partition coefficient (Wildman–Crippen LogP) is 0.885. The van der Waals surface area contributed by atoms with E-state index in [1.807, 2.05) is 0 Å². The van der Waals surface area contributed by atoms with Gasteiger partial charge < -0.3 is 10.2 Å². The van der Waals surface area contributed by atoms with E-state index in [9.17, 15) is 8.42 Å². The van der Waals surface area contributed by atoms with E-state index in [1.165, 1.54) is 19.3 Å². The maximum atomic E-state index is 11.5. The Balaban J connectivity index is 1.95. The van der Waals surface area contributed by atoms with Gasteiger partial charge in [-0.15, -0.1) is 0 Å². The van der Waals surface area contributed by atoms with Crippen molar-refractivity contribution in [2.45, 2.75) is 38.6 Å². The van der Waals surface area contributed by atoms with Crippen molar-refractivity contribution in [2.75, 3.05) is 38.2 Å². The van der Waals surface area contributed by atoms with Crippen LogP contribution in [0.4, 0.5) is 0 Å². The molecule has 0 radical (unpaired) electrons. The maximum Gasteiger partial charge on any atom is 0.151 e. The Kier molecular flexibility index (Phi) is 4.34. The van der Waals surface area contributed by atoms with Crippen molar-refractivity contribution in [1.82, 2.24) is 10.2 Å². The Morgan fingerprint density at radius 1 is 1.44 bits per heavy atom. The minimum Gasteiger partial charge on any atom is -0.316 e. The van der Waals surface area contributed by atoms with Gasteiger partial charge in [-0.25, -0.2) is 8.42 Å². The lowest BCUT2D eigenvalue weighted by Crippen LogP contribution is -2.49. The summed E-state index contributed by atoms with van der Waals surface area (Å²) in [5.41, 5.74) is 0.347. The van der Waals surface area contributed by atoms with Crippen LogP contribution >= 0.6 is 0 Å². The molecule has 2 aliphatic rings. The topological polar surface area (TPSA) is 49.4 Å². The molecule has 2 heterocycles.